The molecule has 0 bridgehead atoms. The molecule has 1 fully saturated rings. The van der Waals surface area contributed by atoms with Gasteiger partial charge in [-0.2, -0.15) is 0 Å². The monoisotopic (exact) mass is 408 g/mol. The lowest BCUT2D eigenvalue weighted by Crippen LogP contribution is -2.40. The number of methoxy groups -OCH3 is 1. The molecule has 1 atom stereocenters. The van der Waals surface area contributed by atoms with E-state index in [1.54, 1.807) is 17.0 Å². The lowest BCUT2D eigenvalue weighted by atomic mass is 10.2. The summed E-state index contributed by atoms with van der Waals surface area (Å²) >= 11 is 0. The summed E-state index contributed by atoms with van der Waals surface area (Å²) < 4.78 is 23.9. The average Bonchev–Trinajstić information content (AvgIpc) is 2.83. The molecule has 1 aliphatic heterocycles. The van der Waals surface area contributed by atoms with Crippen LogP contribution in [-0.4, -0.2) is 67.0 Å². The number of ether oxygens (including phenoxy) is 2. The third-order valence-corrected chi connectivity index (χ3v) is 4.61. The molecular formula is C21H29FN2O5. The number of esters is 1. The summed E-state index contributed by atoms with van der Waals surface area (Å²) in [5.41, 5.74) is 0.680. The fraction of sp³-hybridized carbons (Fsp3) is 0.571. The fourth-order valence-corrected chi connectivity index (χ4v) is 3.20. The average molecular weight is 408 g/mol. The standard InChI is InChI=1S/C21H29FN2O5/c1-15(2)10-23-11-18(29-14-16-5-4-6-17(22)9-16)12-24(13-20(23)26)19(25)7-8-21(27)28-3/h4-6,9,15,18H,7-8,10-14H2,1-3H3/t18-/m0/s1. The van der Waals surface area contributed by atoms with Gasteiger partial charge in [0.2, 0.25) is 11.8 Å². The molecule has 0 unspecified atom stereocenters. The van der Waals surface area contributed by atoms with E-state index < -0.39 is 12.1 Å². The molecule has 7 nitrogen and oxygen atoms in total. The van der Waals surface area contributed by atoms with E-state index in [2.05, 4.69) is 4.74 Å². The third-order valence-electron chi connectivity index (χ3n) is 4.61. The Bertz CT molecular complexity index is 725. The predicted molar refractivity (Wildman–Crippen MR) is 104 cm³/mol. The zero-order valence-electron chi connectivity index (χ0n) is 17.2. The molecule has 29 heavy (non-hydrogen) atoms. The summed E-state index contributed by atoms with van der Waals surface area (Å²) in [6.07, 6.45) is -0.476. The van der Waals surface area contributed by atoms with E-state index in [1.807, 2.05) is 13.8 Å². The van der Waals surface area contributed by atoms with Crippen LogP contribution in [0.1, 0.15) is 32.3 Å². The van der Waals surface area contributed by atoms with Gasteiger partial charge in [0.25, 0.3) is 0 Å². The van der Waals surface area contributed by atoms with E-state index >= 15 is 0 Å². The van der Waals surface area contributed by atoms with Crippen LogP contribution in [0.5, 0.6) is 0 Å². The minimum Gasteiger partial charge on any atom is -0.469 e. The Morgan fingerprint density at radius 3 is 2.66 bits per heavy atom. The highest BCUT2D eigenvalue weighted by Gasteiger charge is 2.31. The van der Waals surface area contributed by atoms with Gasteiger partial charge in [0, 0.05) is 26.1 Å². The molecule has 1 saturated heterocycles. The Labute approximate surface area is 170 Å². The SMILES string of the molecule is COC(=O)CCC(=O)N1CC(=O)N(CC(C)C)C[C@H](OCc2cccc(F)c2)C1. The molecule has 0 radical (unpaired) electrons. The number of carbonyl (C=O) groups is 3. The first kappa shape index (κ1) is 22.8. The second kappa shape index (κ2) is 10.9. The summed E-state index contributed by atoms with van der Waals surface area (Å²) in [5, 5.41) is 0. The first-order valence-electron chi connectivity index (χ1n) is 9.77. The Balaban J connectivity index is 2.07. The number of nitrogens with zero attached hydrogens (tertiary/aromatic N) is 2. The van der Waals surface area contributed by atoms with Gasteiger partial charge in [0.15, 0.2) is 0 Å². The number of halogens is 1. The van der Waals surface area contributed by atoms with Crippen molar-refractivity contribution in [3.8, 4) is 0 Å². The maximum Gasteiger partial charge on any atom is 0.306 e. The second-order valence-electron chi connectivity index (χ2n) is 7.61. The van der Waals surface area contributed by atoms with Gasteiger partial charge in [-0.05, 0) is 23.6 Å². The highest BCUT2D eigenvalue weighted by Crippen LogP contribution is 2.15. The van der Waals surface area contributed by atoms with Crippen LogP contribution < -0.4 is 0 Å². The highest BCUT2D eigenvalue weighted by molar-refractivity contribution is 5.87. The van der Waals surface area contributed by atoms with Gasteiger partial charge in [-0.3, -0.25) is 14.4 Å². The van der Waals surface area contributed by atoms with Crippen molar-refractivity contribution >= 4 is 17.8 Å². The topological polar surface area (TPSA) is 76.2 Å². The summed E-state index contributed by atoms with van der Waals surface area (Å²) in [5.74, 6) is -0.996. The molecule has 0 N–H and O–H groups in total. The van der Waals surface area contributed by atoms with E-state index in [1.165, 1.54) is 24.1 Å². The lowest BCUT2D eigenvalue weighted by Gasteiger charge is -2.26. The molecule has 1 heterocycles. The summed E-state index contributed by atoms with van der Waals surface area (Å²) in [4.78, 5) is 39.7. The molecule has 1 aromatic carbocycles. The zero-order valence-corrected chi connectivity index (χ0v) is 17.2. The quantitative estimate of drug-likeness (QED) is 0.615. The van der Waals surface area contributed by atoms with E-state index in [9.17, 15) is 18.8 Å². The Morgan fingerprint density at radius 1 is 1.24 bits per heavy atom. The van der Waals surface area contributed by atoms with Crippen molar-refractivity contribution in [1.82, 2.24) is 9.80 Å². The molecule has 0 saturated carbocycles. The van der Waals surface area contributed by atoms with Crippen molar-refractivity contribution in [2.24, 2.45) is 5.92 Å². The fourth-order valence-electron chi connectivity index (χ4n) is 3.20. The number of hydrogen-bond acceptors (Lipinski definition) is 5. The predicted octanol–water partition coefficient (Wildman–Crippen LogP) is 1.99. The second-order valence-corrected chi connectivity index (χ2v) is 7.61. The zero-order chi connectivity index (χ0) is 21.4. The molecule has 160 valence electrons. The van der Waals surface area contributed by atoms with E-state index in [0.717, 1.165) is 0 Å². The highest BCUT2D eigenvalue weighted by atomic mass is 19.1. The van der Waals surface area contributed by atoms with Crippen molar-refractivity contribution < 1.29 is 28.2 Å². The van der Waals surface area contributed by atoms with E-state index in [0.29, 0.717) is 18.7 Å². The number of benzene rings is 1. The van der Waals surface area contributed by atoms with Crippen LogP contribution in [-0.2, 0) is 30.5 Å². The van der Waals surface area contributed by atoms with Crippen molar-refractivity contribution in [1.29, 1.82) is 0 Å². The molecule has 2 rings (SSSR count). The number of carbonyl (C=O) groups excluding carboxylic acids is 3. The summed E-state index contributed by atoms with van der Waals surface area (Å²) in [6.45, 7) is 5.30. The van der Waals surface area contributed by atoms with Gasteiger partial charge in [-0.1, -0.05) is 26.0 Å². The summed E-state index contributed by atoms with van der Waals surface area (Å²) in [6, 6.07) is 6.13. The molecule has 0 spiro atoms. The molecule has 1 aromatic rings. The maximum absolute atomic E-state index is 13.4. The van der Waals surface area contributed by atoms with Gasteiger partial charge in [-0.15, -0.1) is 0 Å². The molecule has 1 aliphatic rings. The van der Waals surface area contributed by atoms with Crippen LogP contribution in [0.15, 0.2) is 24.3 Å². The minimum atomic E-state index is -0.472. The maximum atomic E-state index is 13.4. The van der Waals surface area contributed by atoms with Crippen LogP contribution in [0.2, 0.25) is 0 Å². The smallest absolute Gasteiger partial charge is 0.306 e. The number of amides is 2. The van der Waals surface area contributed by atoms with Gasteiger partial charge in [0.05, 0.1) is 32.8 Å². The van der Waals surface area contributed by atoms with Gasteiger partial charge >= 0.3 is 5.97 Å². The van der Waals surface area contributed by atoms with Gasteiger partial charge < -0.3 is 19.3 Å². The molecular weight excluding hydrogens is 379 g/mol. The van der Waals surface area contributed by atoms with Crippen LogP contribution in [0.4, 0.5) is 4.39 Å². The number of hydrogen-bond donors (Lipinski definition) is 0. The van der Waals surface area contributed by atoms with Crippen LogP contribution in [0.3, 0.4) is 0 Å². The van der Waals surface area contributed by atoms with Crippen molar-refractivity contribution in [2.75, 3.05) is 33.3 Å². The first-order valence-corrected chi connectivity index (χ1v) is 9.77. The normalized spacial score (nSPS) is 17.4. The van der Waals surface area contributed by atoms with Crippen molar-refractivity contribution in [2.45, 2.75) is 39.4 Å². The Kier molecular flexibility index (Phi) is 8.57. The van der Waals surface area contributed by atoms with Crippen LogP contribution in [0.25, 0.3) is 0 Å². The molecule has 2 amide bonds. The first-order chi connectivity index (χ1) is 13.8. The molecule has 8 heteroatoms. The van der Waals surface area contributed by atoms with Gasteiger partial charge in [-0.25, -0.2) is 4.39 Å². The third kappa shape index (κ3) is 7.45. The Hall–Kier alpha value is -2.48. The van der Waals surface area contributed by atoms with E-state index in [-0.39, 0.29) is 56.1 Å². The lowest BCUT2D eigenvalue weighted by molar-refractivity contribution is -0.144. The van der Waals surface area contributed by atoms with Crippen LogP contribution in [0, 0.1) is 11.7 Å². The van der Waals surface area contributed by atoms with Crippen LogP contribution >= 0.6 is 0 Å². The van der Waals surface area contributed by atoms with Crippen molar-refractivity contribution in [3.63, 3.8) is 0 Å². The Morgan fingerprint density at radius 2 is 2.00 bits per heavy atom. The molecule has 0 aliphatic carbocycles. The number of rotatable bonds is 8. The van der Waals surface area contributed by atoms with Gasteiger partial charge in [0.1, 0.15) is 5.82 Å². The molecule has 0 aromatic heterocycles. The largest absolute Gasteiger partial charge is 0.469 e. The minimum absolute atomic E-state index is 0.0270. The summed E-state index contributed by atoms with van der Waals surface area (Å²) in [7, 11) is 1.27. The van der Waals surface area contributed by atoms with E-state index in [4.69, 9.17) is 4.74 Å². The van der Waals surface area contributed by atoms with Crippen molar-refractivity contribution in [3.05, 3.63) is 35.6 Å².